The molecule has 2 N–H and O–H groups in total. The van der Waals surface area contributed by atoms with E-state index in [0.29, 0.717) is 30.3 Å². The average molecular weight is 396 g/mol. The number of piperidine rings is 1. The number of ether oxygens (including phenoxy) is 2. The molecular weight excluding hydrogens is 370 g/mol. The van der Waals surface area contributed by atoms with E-state index in [0.717, 1.165) is 31.5 Å². The van der Waals surface area contributed by atoms with Crippen molar-refractivity contribution in [2.75, 3.05) is 38.7 Å². The normalized spacial score (nSPS) is 14.4. The molecule has 3 rings (SSSR count). The molecule has 9 heteroatoms. The van der Waals surface area contributed by atoms with Gasteiger partial charge in [0.25, 0.3) is 5.91 Å². The Hall–Kier alpha value is -2.16. The van der Waals surface area contributed by atoms with E-state index in [1.807, 2.05) is 25.1 Å². The van der Waals surface area contributed by atoms with Crippen LogP contribution < -0.4 is 15.4 Å². The van der Waals surface area contributed by atoms with E-state index in [4.69, 9.17) is 9.47 Å². The maximum atomic E-state index is 12.6. The number of aromatic nitrogens is 3. The molecule has 0 unspecified atom stereocenters. The number of halogens is 1. The Balaban J connectivity index is 0.00000261. The van der Waals surface area contributed by atoms with Crippen molar-refractivity contribution in [3.8, 4) is 5.75 Å². The summed E-state index contributed by atoms with van der Waals surface area (Å²) in [6.45, 7) is 4.77. The van der Waals surface area contributed by atoms with Crippen molar-refractivity contribution in [1.82, 2.24) is 20.3 Å². The van der Waals surface area contributed by atoms with Gasteiger partial charge in [-0.25, -0.2) is 4.68 Å². The van der Waals surface area contributed by atoms with Gasteiger partial charge in [0, 0.05) is 7.11 Å². The second-order valence-electron chi connectivity index (χ2n) is 6.36. The number of nitrogens with zero attached hydrogens (tertiary/aromatic N) is 3. The Bertz CT molecular complexity index is 746. The highest BCUT2D eigenvalue weighted by Gasteiger charge is 2.19. The Morgan fingerprint density at radius 3 is 2.85 bits per heavy atom. The van der Waals surface area contributed by atoms with Gasteiger partial charge >= 0.3 is 0 Å². The van der Waals surface area contributed by atoms with E-state index in [1.165, 1.54) is 0 Å². The Morgan fingerprint density at radius 2 is 2.11 bits per heavy atom. The first-order valence-corrected chi connectivity index (χ1v) is 8.83. The van der Waals surface area contributed by atoms with Gasteiger partial charge in [0.2, 0.25) is 0 Å². The molecule has 0 atom stereocenters. The first kappa shape index (κ1) is 21.1. The first-order valence-electron chi connectivity index (χ1n) is 8.83. The minimum Gasteiger partial charge on any atom is -0.489 e. The molecule has 1 aliphatic heterocycles. The molecule has 1 fully saturated rings. The third-order valence-electron chi connectivity index (χ3n) is 4.36. The summed E-state index contributed by atoms with van der Waals surface area (Å²) in [6, 6.07) is 5.92. The lowest BCUT2D eigenvalue weighted by Gasteiger charge is -2.22. The van der Waals surface area contributed by atoms with Gasteiger partial charge in [0.1, 0.15) is 12.4 Å². The van der Waals surface area contributed by atoms with E-state index in [1.54, 1.807) is 18.0 Å². The van der Waals surface area contributed by atoms with Crippen molar-refractivity contribution in [3.05, 3.63) is 35.7 Å². The Kier molecular flexibility index (Phi) is 8.02. The van der Waals surface area contributed by atoms with Crippen LogP contribution in [-0.4, -0.2) is 54.3 Å². The highest BCUT2D eigenvalue weighted by atomic mass is 35.5. The molecule has 1 saturated heterocycles. The standard InChI is InChI=1S/C18H25N5O3.ClH/c1-13-3-4-15(17(11-13)26-10-9-25-2)20-18(24)16-12-23(22-21-16)14-5-7-19-8-6-14;/h3-4,11-12,14,19H,5-10H2,1-2H3,(H,20,24);1H. The molecule has 0 spiro atoms. The van der Waals surface area contributed by atoms with Gasteiger partial charge < -0.3 is 20.1 Å². The fourth-order valence-electron chi connectivity index (χ4n) is 2.90. The summed E-state index contributed by atoms with van der Waals surface area (Å²) in [7, 11) is 1.62. The number of amides is 1. The highest BCUT2D eigenvalue weighted by Crippen LogP contribution is 2.26. The fraction of sp³-hybridized carbons (Fsp3) is 0.500. The van der Waals surface area contributed by atoms with E-state index < -0.39 is 0 Å². The Labute approximate surface area is 165 Å². The molecule has 0 bridgehead atoms. The van der Waals surface area contributed by atoms with Gasteiger partial charge in [-0.2, -0.15) is 0 Å². The minimum atomic E-state index is -0.300. The number of benzene rings is 1. The van der Waals surface area contributed by atoms with E-state index >= 15 is 0 Å². The van der Waals surface area contributed by atoms with E-state index in [9.17, 15) is 4.79 Å². The number of carbonyl (C=O) groups excluding carboxylic acids is 1. The smallest absolute Gasteiger partial charge is 0.277 e. The van der Waals surface area contributed by atoms with Gasteiger partial charge in [-0.1, -0.05) is 11.3 Å². The summed E-state index contributed by atoms with van der Waals surface area (Å²) < 4.78 is 12.5. The first-order chi connectivity index (χ1) is 12.7. The molecule has 148 valence electrons. The number of anilines is 1. The SMILES string of the molecule is COCCOc1cc(C)ccc1NC(=O)c1cn(C2CCNCC2)nn1.Cl. The van der Waals surface area contributed by atoms with Crippen molar-refractivity contribution in [2.45, 2.75) is 25.8 Å². The summed E-state index contributed by atoms with van der Waals surface area (Å²) in [6.07, 6.45) is 3.69. The number of carbonyl (C=O) groups is 1. The van der Waals surface area contributed by atoms with Crippen LogP contribution >= 0.6 is 12.4 Å². The van der Waals surface area contributed by atoms with Crippen molar-refractivity contribution < 1.29 is 14.3 Å². The Morgan fingerprint density at radius 1 is 1.33 bits per heavy atom. The van der Waals surface area contributed by atoms with E-state index in [-0.39, 0.29) is 24.4 Å². The van der Waals surface area contributed by atoms with Crippen LogP contribution in [0.5, 0.6) is 5.75 Å². The zero-order valence-corrected chi connectivity index (χ0v) is 16.4. The van der Waals surface area contributed by atoms with Crippen LogP contribution in [-0.2, 0) is 4.74 Å². The zero-order valence-electron chi connectivity index (χ0n) is 15.6. The van der Waals surface area contributed by atoms with Crippen LogP contribution in [0.2, 0.25) is 0 Å². The molecule has 0 radical (unpaired) electrons. The van der Waals surface area contributed by atoms with Crippen molar-refractivity contribution in [1.29, 1.82) is 0 Å². The van der Waals surface area contributed by atoms with Gasteiger partial charge in [0.05, 0.1) is 24.5 Å². The van der Waals surface area contributed by atoms with Crippen LogP contribution in [0, 0.1) is 6.92 Å². The zero-order chi connectivity index (χ0) is 18.4. The second kappa shape index (κ2) is 10.2. The molecule has 27 heavy (non-hydrogen) atoms. The summed E-state index contributed by atoms with van der Waals surface area (Å²) in [4.78, 5) is 12.6. The minimum absolute atomic E-state index is 0. The maximum absolute atomic E-state index is 12.6. The van der Waals surface area contributed by atoms with E-state index in [2.05, 4.69) is 20.9 Å². The van der Waals surface area contributed by atoms with Crippen molar-refractivity contribution in [3.63, 3.8) is 0 Å². The summed E-state index contributed by atoms with van der Waals surface area (Å²) in [5.74, 6) is 0.312. The summed E-state index contributed by atoms with van der Waals surface area (Å²) in [5, 5.41) is 14.3. The number of rotatable bonds is 7. The number of methoxy groups -OCH3 is 1. The topological polar surface area (TPSA) is 90.3 Å². The maximum Gasteiger partial charge on any atom is 0.277 e. The molecule has 1 amide bonds. The molecular formula is C18H26ClN5O3. The quantitative estimate of drug-likeness (QED) is 0.698. The lowest BCUT2D eigenvalue weighted by molar-refractivity contribution is 0.102. The number of nitrogens with one attached hydrogen (secondary N) is 2. The summed E-state index contributed by atoms with van der Waals surface area (Å²) in [5.41, 5.74) is 1.95. The summed E-state index contributed by atoms with van der Waals surface area (Å²) >= 11 is 0. The third kappa shape index (κ3) is 5.66. The van der Waals surface area contributed by atoms with Crippen LogP contribution in [0.4, 0.5) is 5.69 Å². The average Bonchev–Trinajstić information content (AvgIpc) is 3.15. The molecule has 2 aromatic rings. The van der Waals surface area contributed by atoms with Gasteiger partial charge in [-0.15, -0.1) is 17.5 Å². The number of hydrogen-bond donors (Lipinski definition) is 2. The van der Waals surface area contributed by atoms with Crippen LogP contribution in [0.15, 0.2) is 24.4 Å². The predicted octanol–water partition coefficient (Wildman–Crippen LogP) is 2.21. The van der Waals surface area contributed by atoms with Crippen LogP contribution in [0.25, 0.3) is 0 Å². The number of aryl methyl sites for hydroxylation is 1. The molecule has 2 heterocycles. The van der Waals surface area contributed by atoms with Gasteiger partial charge in [-0.3, -0.25) is 4.79 Å². The third-order valence-corrected chi connectivity index (χ3v) is 4.36. The highest BCUT2D eigenvalue weighted by molar-refractivity contribution is 6.03. The van der Waals surface area contributed by atoms with Gasteiger partial charge in [0.15, 0.2) is 5.69 Å². The van der Waals surface area contributed by atoms with Crippen LogP contribution in [0.1, 0.15) is 34.9 Å². The molecule has 0 saturated carbocycles. The lowest BCUT2D eigenvalue weighted by Crippen LogP contribution is -2.29. The molecule has 0 aliphatic carbocycles. The number of hydrogen-bond acceptors (Lipinski definition) is 6. The van der Waals surface area contributed by atoms with Crippen molar-refractivity contribution in [2.24, 2.45) is 0 Å². The fourth-order valence-corrected chi connectivity index (χ4v) is 2.90. The molecule has 8 nitrogen and oxygen atoms in total. The monoisotopic (exact) mass is 395 g/mol. The van der Waals surface area contributed by atoms with Crippen molar-refractivity contribution >= 4 is 24.0 Å². The predicted molar refractivity (Wildman–Crippen MR) is 105 cm³/mol. The largest absolute Gasteiger partial charge is 0.489 e. The molecule has 1 aromatic heterocycles. The molecule has 1 aliphatic rings. The lowest BCUT2D eigenvalue weighted by atomic mass is 10.1. The second-order valence-corrected chi connectivity index (χ2v) is 6.36. The molecule has 1 aromatic carbocycles. The van der Waals surface area contributed by atoms with Gasteiger partial charge in [-0.05, 0) is 50.6 Å². The van der Waals surface area contributed by atoms with Crippen LogP contribution in [0.3, 0.4) is 0 Å².